The standard InChI is InChI=1S/C15H18N2O2S/c1-9(2)7-11(14(16)18)17-15(19)13-8-10-5-3-4-6-12(10)20-13/h3-6,8-9,11H,7H2,1-2H3,(H2,16,18)(H,17,19)/t11-/m0/s1. The van der Waals surface area contributed by atoms with Crippen molar-refractivity contribution >= 4 is 33.2 Å². The summed E-state index contributed by atoms with van der Waals surface area (Å²) in [6.45, 7) is 3.98. The summed E-state index contributed by atoms with van der Waals surface area (Å²) in [6, 6.07) is 9.02. The Morgan fingerprint density at radius 2 is 2.00 bits per heavy atom. The Hall–Kier alpha value is -1.88. The number of nitrogens with one attached hydrogen (secondary N) is 1. The molecule has 0 fully saturated rings. The third kappa shape index (κ3) is 3.36. The third-order valence-corrected chi connectivity index (χ3v) is 4.12. The van der Waals surface area contributed by atoms with Gasteiger partial charge in [-0.2, -0.15) is 0 Å². The Bertz CT molecular complexity index is 601. The van der Waals surface area contributed by atoms with E-state index in [-0.39, 0.29) is 11.8 Å². The number of benzene rings is 1. The molecule has 1 heterocycles. The molecule has 0 spiro atoms. The number of hydrogen-bond donors (Lipinski definition) is 2. The molecule has 2 rings (SSSR count). The molecule has 3 N–H and O–H groups in total. The number of fused-ring (bicyclic) bond motifs is 1. The Morgan fingerprint density at radius 3 is 2.60 bits per heavy atom. The summed E-state index contributed by atoms with van der Waals surface area (Å²) in [5.41, 5.74) is 5.34. The first-order valence-corrected chi connectivity index (χ1v) is 7.37. The van der Waals surface area contributed by atoms with Gasteiger partial charge >= 0.3 is 0 Å². The minimum absolute atomic E-state index is 0.240. The summed E-state index contributed by atoms with van der Waals surface area (Å²) in [6.07, 6.45) is 0.548. The molecule has 0 saturated heterocycles. The summed E-state index contributed by atoms with van der Waals surface area (Å²) in [5, 5.41) is 3.75. The Labute approximate surface area is 122 Å². The molecule has 106 valence electrons. The van der Waals surface area contributed by atoms with E-state index >= 15 is 0 Å². The second kappa shape index (κ2) is 6.05. The summed E-state index contributed by atoms with van der Waals surface area (Å²) >= 11 is 1.41. The fourth-order valence-electron chi connectivity index (χ4n) is 2.04. The largest absolute Gasteiger partial charge is 0.368 e. The van der Waals surface area contributed by atoms with Crippen molar-refractivity contribution in [3.05, 3.63) is 35.2 Å². The number of hydrogen-bond acceptors (Lipinski definition) is 3. The van der Waals surface area contributed by atoms with Gasteiger partial charge < -0.3 is 11.1 Å². The van der Waals surface area contributed by atoms with Gasteiger partial charge in [0.05, 0.1) is 4.88 Å². The Morgan fingerprint density at radius 1 is 1.30 bits per heavy atom. The average Bonchev–Trinajstić information content (AvgIpc) is 2.81. The zero-order chi connectivity index (χ0) is 14.7. The lowest BCUT2D eigenvalue weighted by Crippen LogP contribution is -2.45. The molecule has 0 bridgehead atoms. The molecule has 2 aromatic rings. The van der Waals surface area contributed by atoms with Gasteiger partial charge in [0.25, 0.3) is 5.91 Å². The van der Waals surface area contributed by atoms with Crippen molar-refractivity contribution in [2.75, 3.05) is 0 Å². The first kappa shape index (κ1) is 14.5. The molecule has 0 radical (unpaired) electrons. The van der Waals surface area contributed by atoms with E-state index in [1.165, 1.54) is 11.3 Å². The summed E-state index contributed by atoms with van der Waals surface area (Å²) in [4.78, 5) is 24.2. The van der Waals surface area contributed by atoms with Crippen LogP contribution in [0.15, 0.2) is 30.3 Å². The van der Waals surface area contributed by atoms with E-state index in [4.69, 9.17) is 5.73 Å². The van der Waals surface area contributed by atoms with E-state index in [0.29, 0.717) is 11.3 Å². The van der Waals surface area contributed by atoms with Crippen LogP contribution in [0, 0.1) is 5.92 Å². The molecule has 0 unspecified atom stereocenters. The molecule has 1 aromatic carbocycles. The van der Waals surface area contributed by atoms with Gasteiger partial charge in [0.2, 0.25) is 5.91 Å². The van der Waals surface area contributed by atoms with Crippen molar-refractivity contribution in [1.29, 1.82) is 0 Å². The van der Waals surface area contributed by atoms with Crippen molar-refractivity contribution in [2.45, 2.75) is 26.3 Å². The van der Waals surface area contributed by atoms with Crippen LogP contribution in [0.4, 0.5) is 0 Å². The molecule has 0 aliphatic rings. The zero-order valence-corrected chi connectivity index (χ0v) is 12.4. The van der Waals surface area contributed by atoms with Gasteiger partial charge in [0.15, 0.2) is 0 Å². The van der Waals surface area contributed by atoms with E-state index in [1.54, 1.807) is 0 Å². The van der Waals surface area contributed by atoms with Crippen LogP contribution in [0.1, 0.15) is 29.9 Å². The minimum atomic E-state index is -0.618. The maximum Gasteiger partial charge on any atom is 0.262 e. The highest BCUT2D eigenvalue weighted by Gasteiger charge is 2.21. The van der Waals surface area contributed by atoms with Gasteiger partial charge in [-0.05, 0) is 29.9 Å². The summed E-state index contributed by atoms with van der Waals surface area (Å²) in [5.74, 6) is -0.445. The normalized spacial score (nSPS) is 12.6. The highest BCUT2D eigenvalue weighted by atomic mass is 32.1. The van der Waals surface area contributed by atoms with Crippen LogP contribution in [0.2, 0.25) is 0 Å². The maximum absolute atomic E-state index is 12.2. The van der Waals surface area contributed by atoms with Crippen molar-refractivity contribution in [1.82, 2.24) is 5.32 Å². The number of thiophene rings is 1. The van der Waals surface area contributed by atoms with Crippen LogP contribution >= 0.6 is 11.3 Å². The molecule has 1 atom stereocenters. The highest BCUT2D eigenvalue weighted by Crippen LogP contribution is 2.25. The summed E-state index contributed by atoms with van der Waals surface area (Å²) < 4.78 is 1.05. The molecule has 0 aliphatic heterocycles. The predicted octanol–water partition coefficient (Wildman–Crippen LogP) is 2.53. The second-order valence-corrected chi connectivity index (χ2v) is 6.29. The number of carbonyl (C=O) groups excluding carboxylic acids is 2. The van der Waals surface area contributed by atoms with Crippen LogP contribution in [0.5, 0.6) is 0 Å². The van der Waals surface area contributed by atoms with E-state index in [2.05, 4.69) is 5.32 Å². The van der Waals surface area contributed by atoms with Gasteiger partial charge in [0, 0.05) is 4.70 Å². The SMILES string of the molecule is CC(C)C[C@H](NC(=O)c1cc2ccccc2s1)C(N)=O. The lowest BCUT2D eigenvalue weighted by molar-refractivity contribution is -0.120. The quantitative estimate of drug-likeness (QED) is 0.888. The summed E-state index contributed by atoms with van der Waals surface area (Å²) in [7, 11) is 0. The molecular formula is C15H18N2O2S. The molecule has 5 heteroatoms. The molecule has 2 amide bonds. The fourth-order valence-corrected chi connectivity index (χ4v) is 3.01. The van der Waals surface area contributed by atoms with E-state index in [9.17, 15) is 9.59 Å². The van der Waals surface area contributed by atoms with Crippen molar-refractivity contribution in [3.63, 3.8) is 0 Å². The molecule has 0 aliphatic carbocycles. The molecule has 0 saturated carbocycles. The van der Waals surface area contributed by atoms with Gasteiger partial charge in [-0.1, -0.05) is 32.0 Å². The van der Waals surface area contributed by atoms with Crippen molar-refractivity contribution in [2.24, 2.45) is 11.7 Å². The van der Waals surface area contributed by atoms with Crippen molar-refractivity contribution in [3.8, 4) is 0 Å². The first-order valence-electron chi connectivity index (χ1n) is 6.56. The van der Waals surface area contributed by atoms with Gasteiger partial charge in [-0.25, -0.2) is 0 Å². The fraction of sp³-hybridized carbons (Fsp3) is 0.333. The van der Waals surface area contributed by atoms with Crippen LogP contribution < -0.4 is 11.1 Å². The number of amides is 2. The lowest BCUT2D eigenvalue weighted by Gasteiger charge is -2.16. The molecule has 1 aromatic heterocycles. The zero-order valence-electron chi connectivity index (χ0n) is 11.6. The maximum atomic E-state index is 12.2. The van der Waals surface area contributed by atoms with E-state index in [0.717, 1.165) is 10.1 Å². The molecular weight excluding hydrogens is 272 g/mol. The smallest absolute Gasteiger partial charge is 0.262 e. The number of rotatable bonds is 5. The molecule has 4 nitrogen and oxygen atoms in total. The van der Waals surface area contributed by atoms with Gasteiger partial charge in [0.1, 0.15) is 6.04 Å². The highest BCUT2D eigenvalue weighted by molar-refractivity contribution is 7.20. The Balaban J connectivity index is 2.15. The first-order chi connectivity index (χ1) is 9.47. The lowest BCUT2D eigenvalue weighted by atomic mass is 10.0. The van der Waals surface area contributed by atoms with Crippen LogP contribution in [0.25, 0.3) is 10.1 Å². The minimum Gasteiger partial charge on any atom is -0.368 e. The van der Waals surface area contributed by atoms with Gasteiger partial charge in [-0.3, -0.25) is 9.59 Å². The molecule has 20 heavy (non-hydrogen) atoms. The third-order valence-electron chi connectivity index (χ3n) is 3.01. The topological polar surface area (TPSA) is 72.2 Å². The number of primary amides is 1. The number of carbonyl (C=O) groups is 2. The van der Waals surface area contributed by atoms with Crippen LogP contribution in [-0.2, 0) is 4.79 Å². The van der Waals surface area contributed by atoms with Crippen LogP contribution in [0.3, 0.4) is 0 Å². The van der Waals surface area contributed by atoms with Crippen LogP contribution in [-0.4, -0.2) is 17.9 Å². The number of nitrogens with two attached hydrogens (primary N) is 1. The Kier molecular flexibility index (Phi) is 4.39. The van der Waals surface area contributed by atoms with Crippen molar-refractivity contribution < 1.29 is 9.59 Å². The second-order valence-electron chi connectivity index (χ2n) is 5.21. The van der Waals surface area contributed by atoms with E-state index in [1.807, 2.05) is 44.2 Å². The van der Waals surface area contributed by atoms with Gasteiger partial charge in [-0.15, -0.1) is 11.3 Å². The monoisotopic (exact) mass is 290 g/mol. The average molecular weight is 290 g/mol. The van der Waals surface area contributed by atoms with E-state index < -0.39 is 11.9 Å². The predicted molar refractivity (Wildman–Crippen MR) is 81.7 cm³/mol.